The topological polar surface area (TPSA) is 139 Å². The Kier molecular flexibility index (Phi) is 8.08. The molecule has 0 aliphatic rings. The highest BCUT2D eigenvalue weighted by molar-refractivity contribution is 6.02. The second-order valence-electron chi connectivity index (χ2n) is 10.0. The zero-order chi connectivity index (χ0) is 28.4. The molecule has 0 radical (unpaired) electrons. The molecular weight excluding hydrogens is 525 g/mol. The molecule has 0 unspecified atom stereocenters. The summed E-state index contributed by atoms with van der Waals surface area (Å²) in [6.45, 7) is 9.13. The SMILES string of the molecule is C.C=CC(=O)Nc1ccccc1-c1nc2nccc(-c3ccc(CNC(=O)c4nc(C(C)(C)C)no4)c(F)c3)c2[nH]1. The Balaban J connectivity index is 0.00000387. The Bertz CT molecular complexity index is 1750. The maximum absolute atomic E-state index is 15.1. The minimum absolute atomic E-state index is 0. The maximum Gasteiger partial charge on any atom is 0.315 e. The lowest BCUT2D eigenvalue weighted by molar-refractivity contribution is -0.111. The summed E-state index contributed by atoms with van der Waals surface area (Å²) in [6.07, 6.45) is 2.78. The van der Waals surface area contributed by atoms with Gasteiger partial charge in [0.25, 0.3) is 0 Å². The molecule has 0 aliphatic heterocycles. The van der Waals surface area contributed by atoms with Crippen LogP contribution in [0.5, 0.6) is 0 Å². The zero-order valence-electron chi connectivity index (χ0n) is 22.1. The van der Waals surface area contributed by atoms with Crippen molar-refractivity contribution < 1.29 is 18.5 Å². The van der Waals surface area contributed by atoms with Gasteiger partial charge in [-0.15, -0.1) is 0 Å². The average molecular weight is 556 g/mol. The average Bonchev–Trinajstić information content (AvgIpc) is 3.60. The first-order valence-corrected chi connectivity index (χ1v) is 12.4. The van der Waals surface area contributed by atoms with E-state index in [0.29, 0.717) is 45.2 Å². The van der Waals surface area contributed by atoms with Crippen molar-refractivity contribution in [2.75, 3.05) is 5.32 Å². The lowest BCUT2D eigenvalue weighted by Gasteiger charge is -2.10. The van der Waals surface area contributed by atoms with Crippen LogP contribution in [0.1, 0.15) is 50.3 Å². The number of benzene rings is 2. The number of amides is 2. The first-order valence-electron chi connectivity index (χ1n) is 12.4. The molecule has 5 aromatic rings. The van der Waals surface area contributed by atoms with Crippen LogP contribution in [0, 0.1) is 5.82 Å². The number of rotatable bonds is 7. The Morgan fingerprint density at radius 2 is 1.88 bits per heavy atom. The third kappa shape index (κ3) is 6.03. The second-order valence-corrected chi connectivity index (χ2v) is 10.0. The molecule has 11 heteroatoms. The molecule has 0 fully saturated rings. The van der Waals surface area contributed by atoms with Crippen LogP contribution in [0.2, 0.25) is 0 Å². The van der Waals surface area contributed by atoms with Crippen LogP contribution < -0.4 is 10.6 Å². The first-order chi connectivity index (χ1) is 19.1. The van der Waals surface area contributed by atoms with Gasteiger partial charge in [-0.05, 0) is 35.9 Å². The summed E-state index contributed by atoms with van der Waals surface area (Å²) in [5.41, 5.74) is 3.45. The van der Waals surface area contributed by atoms with Crippen LogP contribution in [0.15, 0.2) is 71.9 Å². The minimum Gasteiger partial charge on any atom is -0.344 e. The molecule has 3 N–H and O–H groups in total. The summed E-state index contributed by atoms with van der Waals surface area (Å²) in [7, 11) is 0. The van der Waals surface area contributed by atoms with Crippen LogP contribution in [-0.2, 0) is 16.8 Å². The number of para-hydroxylation sites is 1. The van der Waals surface area contributed by atoms with Gasteiger partial charge < -0.3 is 20.1 Å². The number of carbonyl (C=O) groups excluding carboxylic acids is 2. The van der Waals surface area contributed by atoms with E-state index < -0.39 is 11.7 Å². The summed E-state index contributed by atoms with van der Waals surface area (Å²) < 4.78 is 20.2. The summed E-state index contributed by atoms with van der Waals surface area (Å²) in [4.78, 5) is 40.7. The number of H-pyrrole nitrogens is 1. The van der Waals surface area contributed by atoms with Crippen molar-refractivity contribution in [2.45, 2.75) is 40.2 Å². The number of aromatic nitrogens is 5. The van der Waals surface area contributed by atoms with E-state index in [2.05, 4.69) is 42.3 Å². The highest BCUT2D eigenvalue weighted by Crippen LogP contribution is 2.32. The highest BCUT2D eigenvalue weighted by Gasteiger charge is 2.24. The fourth-order valence-electron chi connectivity index (χ4n) is 3.99. The molecule has 41 heavy (non-hydrogen) atoms. The Morgan fingerprint density at radius 3 is 2.59 bits per heavy atom. The summed E-state index contributed by atoms with van der Waals surface area (Å²) >= 11 is 0. The van der Waals surface area contributed by atoms with Crippen LogP contribution >= 0.6 is 0 Å². The Hall–Kier alpha value is -5.19. The van der Waals surface area contributed by atoms with Gasteiger partial charge >= 0.3 is 11.8 Å². The molecule has 3 aromatic heterocycles. The van der Waals surface area contributed by atoms with Crippen molar-refractivity contribution in [3.8, 4) is 22.5 Å². The quantitative estimate of drug-likeness (QED) is 0.216. The van der Waals surface area contributed by atoms with Gasteiger partial charge in [-0.25, -0.2) is 14.4 Å². The van der Waals surface area contributed by atoms with Crippen LogP contribution in [0.4, 0.5) is 10.1 Å². The van der Waals surface area contributed by atoms with Gasteiger partial charge in [-0.3, -0.25) is 9.59 Å². The van der Waals surface area contributed by atoms with Gasteiger partial charge in [0.05, 0.1) is 11.2 Å². The standard InChI is InChI=1S/C29H26FN7O3.CH4/c1-5-22(38)33-21-9-7-6-8-19(21)24-34-23-18(12-13-31-25(23)35-24)16-10-11-17(20(30)14-16)15-32-26(39)27-36-28(37-40-27)29(2,3)4;/h5-14H,1,15H2,2-4H3,(H,32,39)(H,33,38)(H,31,34,35);1H4. The molecule has 2 amide bonds. The number of hydrogen-bond acceptors (Lipinski definition) is 7. The molecule has 0 aliphatic carbocycles. The van der Waals surface area contributed by atoms with Gasteiger partial charge in [0.2, 0.25) is 5.91 Å². The molecule has 3 heterocycles. The van der Waals surface area contributed by atoms with E-state index in [4.69, 9.17) is 4.52 Å². The van der Waals surface area contributed by atoms with E-state index in [1.807, 2.05) is 32.9 Å². The number of hydrogen-bond donors (Lipinski definition) is 3. The lowest BCUT2D eigenvalue weighted by Crippen LogP contribution is -2.24. The summed E-state index contributed by atoms with van der Waals surface area (Å²) in [5, 5.41) is 9.22. The summed E-state index contributed by atoms with van der Waals surface area (Å²) in [6, 6.07) is 13.7. The van der Waals surface area contributed by atoms with Gasteiger partial charge in [0, 0.05) is 34.8 Å². The van der Waals surface area contributed by atoms with Crippen LogP contribution in [-0.4, -0.2) is 36.9 Å². The largest absolute Gasteiger partial charge is 0.344 e. The van der Waals surface area contributed by atoms with Crippen LogP contribution in [0.3, 0.4) is 0 Å². The Morgan fingerprint density at radius 1 is 1.10 bits per heavy atom. The second kappa shape index (κ2) is 11.5. The van der Waals surface area contributed by atoms with Crippen molar-refractivity contribution in [1.82, 2.24) is 30.4 Å². The van der Waals surface area contributed by atoms with E-state index in [0.717, 1.165) is 0 Å². The molecule has 5 rings (SSSR count). The van der Waals surface area contributed by atoms with Crippen molar-refractivity contribution in [2.24, 2.45) is 0 Å². The number of fused-ring (bicyclic) bond motifs is 1. The van der Waals surface area contributed by atoms with Gasteiger partial charge in [-0.1, -0.05) is 64.2 Å². The van der Waals surface area contributed by atoms with Gasteiger partial charge in [0.1, 0.15) is 11.6 Å². The smallest absolute Gasteiger partial charge is 0.315 e. The molecule has 0 atom stereocenters. The molecule has 0 bridgehead atoms. The van der Waals surface area contributed by atoms with E-state index in [-0.39, 0.29) is 36.7 Å². The predicted octanol–water partition coefficient (Wildman–Crippen LogP) is 5.80. The first kappa shape index (κ1) is 28.8. The fourth-order valence-corrected chi connectivity index (χ4v) is 3.99. The van der Waals surface area contributed by atoms with Crippen LogP contribution in [0.25, 0.3) is 33.7 Å². The van der Waals surface area contributed by atoms with E-state index in [9.17, 15) is 9.59 Å². The van der Waals surface area contributed by atoms with Gasteiger partial charge in [-0.2, -0.15) is 4.98 Å². The molecule has 0 saturated carbocycles. The van der Waals surface area contributed by atoms with Crippen molar-refractivity contribution in [1.29, 1.82) is 0 Å². The van der Waals surface area contributed by atoms with E-state index in [1.165, 1.54) is 12.1 Å². The number of nitrogens with zero attached hydrogens (tertiary/aromatic N) is 4. The molecule has 2 aromatic carbocycles. The van der Waals surface area contributed by atoms with Crippen molar-refractivity contribution in [3.05, 3.63) is 90.5 Å². The predicted molar refractivity (Wildman–Crippen MR) is 154 cm³/mol. The minimum atomic E-state index is -0.586. The number of halogens is 1. The number of carbonyl (C=O) groups is 2. The number of anilines is 1. The fraction of sp³-hybridized carbons (Fsp3) is 0.200. The number of aromatic amines is 1. The third-order valence-electron chi connectivity index (χ3n) is 6.11. The number of nitrogens with one attached hydrogen (secondary N) is 3. The molecule has 0 spiro atoms. The zero-order valence-corrected chi connectivity index (χ0v) is 22.1. The third-order valence-corrected chi connectivity index (χ3v) is 6.11. The van der Waals surface area contributed by atoms with Crippen molar-refractivity contribution >= 4 is 28.7 Å². The Labute approximate surface area is 236 Å². The lowest BCUT2D eigenvalue weighted by atomic mass is 9.96. The molecular formula is C30H30FN7O3. The normalized spacial score (nSPS) is 11.1. The maximum atomic E-state index is 15.1. The number of imidazole rings is 1. The molecule has 10 nitrogen and oxygen atoms in total. The van der Waals surface area contributed by atoms with Crippen molar-refractivity contribution in [3.63, 3.8) is 0 Å². The van der Waals surface area contributed by atoms with Gasteiger partial charge in [0.15, 0.2) is 11.5 Å². The monoisotopic (exact) mass is 555 g/mol. The van der Waals surface area contributed by atoms with E-state index in [1.54, 1.807) is 36.5 Å². The number of pyridine rings is 1. The summed E-state index contributed by atoms with van der Waals surface area (Å²) in [5.74, 6) is -0.713. The molecule has 0 saturated heterocycles. The molecule has 210 valence electrons. The van der Waals surface area contributed by atoms with E-state index >= 15 is 4.39 Å². The highest BCUT2D eigenvalue weighted by atomic mass is 19.1.